The Kier molecular flexibility index (Phi) is 4.79. The highest BCUT2D eigenvalue weighted by Gasteiger charge is 2.46. The average molecular weight is 273 g/mol. The number of carboxylic acids is 1. The lowest BCUT2D eigenvalue weighted by Crippen LogP contribution is -2.50. The molecule has 0 aromatic rings. The van der Waals surface area contributed by atoms with Crippen molar-refractivity contribution in [1.82, 2.24) is 4.90 Å². The largest absolute Gasteiger partial charge is 0.479 e. The van der Waals surface area contributed by atoms with Crippen molar-refractivity contribution in [1.29, 1.82) is 0 Å². The van der Waals surface area contributed by atoms with E-state index in [2.05, 4.69) is 0 Å². The summed E-state index contributed by atoms with van der Waals surface area (Å²) in [4.78, 5) is 13.1. The number of carboxylic acid groups (broad SMARTS) is 1. The second-order valence-electron chi connectivity index (χ2n) is 5.90. The summed E-state index contributed by atoms with van der Waals surface area (Å²) in [6.07, 6.45) is 6.70. The van der Waals surface area contributed by atoms with Crippen molar-refractivity contribution in [3.05, 3.63) is 0 Å². The van der Waals surface area contributed by atoms with Gasteiger partial charge in [0.15, 0.2) is 5.60 Å². The summed E-state index contributed by atoms with van der Waals surface area (Å²) in [5.74, 6) is -1.12. The Bertz CT molecular complexity index is 314. The Balaban J connectivity index is 2.03. The molecule has 2 unspecified atom stereocenters. The van der Waals surface area contributed by atoms with E-state index in [0.717, 1.165) is 44.9 Å². The van der Waals surface area contributed by atoms with Crippen LogP contribution in [0.15, 0.2) is 0 Å². The third-order valence-electron chi connectivity index (χ3n) is 4.58. The molecular weight excluding hydrogens is 249 g/mol. The first kappa shape index (κ1) is 14.7. The fourth-order valence-electron chi connectivity index (χ4n) is 3.20. The normalized spacial score (nSPS) is 27.1. The van der Waals surface area contributed by atoms with E-state index in [0.29, 0.717) is 13.1 Å². The van der Waals surface area contributed by atoms with Gasteiger partial charge in [-0.05, 0) is 38.5 Å². The van der Waals surface area contributed by atoms with Gasteiger partial charge in [-0.15, -0.1) is 0 Å². The molecule has 0 amide bonds. The minimum atomic E-state index is -1.59. The van der Waals surface area contributed by atoms with Crippen molar-refractivity contribution in [3.63, 3.8) is 0 Å². The maximum Gasteiger partial charge on any atom is 0.336 e. The number of hydrogen-bond acceptors (Lipinski definition) is 3. The molecule has 2 aliphatic rings. The van der Waals surface area contributed by atoms with Gasteiger partial charge < -0.3 is 9.84 Å². The molecule has 1 saturated heterocycles. The summed E-state index contributed by atoms with van der Waals surface area (Å²) in [5.41, 5.74) is -1.40. The van der Waals surface area contributed by atoms with Gasteiger partial charge in [0.25, 0.3) is 6.48 Å². The van der Waals surface area contributed by atoms with Crippen molar-refractivity contribution < 1.29 is 19.0 Å². The van der Waals surface area contributed by atoms with Crippen LogP contribution in [0, 0.1) is 5.92 Å². The maximum absolute atomic E-state index is 14.2. The van der Waals surface area contributed by atoms with Gasteiger partial charge >= 0.3 is 5.97 Å². The number of hydrogen-bond donors (Lipinski definition) is 1. The van der Waals surface area contributed by atoms with Gasteiger partial charge in [-0.25, -0.2) is 4.79 Å². The van der Waals surface area contributed by atoms with Gasteiger partial charge in [0, 0.05) is 13.1 Å². The Morgan fingerprint density at radius 2 is 1.84 bits per heavy atom. The van der Waals surface area contributed by atoms with Crippen LogP contribution < -0.4 is 0 Å². The first-order valence-electron chi connectivity index (χ1n) is 7.33. The molecule has 1 heterocycles. The standard InChI is InChI=1S/C14H24FNO3/c1-14(12(17)18,11-7-3-2-4-8-11)19-13(15)16-9-5-6-10-16/h11,13H,2-10H2,1H3,(H,17,18). The van der Waals surface area contributed by atoms with Gasteiger partial charge in [-0.2, -0.15) is 4.39 Å². The van der Waals surface area contributed by atoms with Crippen molar-refractivity contribution in [2.24, 2.45) is 5.92 Å². The zero-order valence-corrected chi connectivity index (χ0v) is 11.6. The molecule has 2 atom stereocenters. The molecule has 0 spiro atoms. The topological polar surface area (TPSA) is 49.8 Å². The second kappa shape index (κ2) is 6.18. The minimum absolute atomic E-state index is 0.0837. The van der Waals surface area contributed by atoms with E-state index in [1.54, 1.807) is 4.90 Å². The third kappa shape index (κ3) is 3.26. The van der Waals surface area contributed by atoms with E-state index in [1.807, 2.05) is 0 Å². The van der Waals surface area contributed by atoms with Crippen molar-refractivity contribution in [2.75, 3.05) is 13.1 Å². The highest BCUT2D eigenvalue weighted by Crippen LogP contribution is 2.36. The molecule has 1 aliphatic carbocycles. The summed E-state index contributed by atoms with van der Waals surface area (Å²) in [6.45, 7) is 1.25. The number of likely N-dealkylation sites (tertiary alicyclic amines) is 1. The van der Waals surface area contributed by atoms with Crippen LogP contribution in [0.3, 0.4) is 0 Å². The summed E-state index contributed by atoms with van der Waals surface area (Å²) in [5, 5.41) is 9.47. The quantitative estimate of drug-likeness (QED) is 0.783. The number of rotatable bonds is 5. The third-order valence-corrected chi connectivity index (χ3v) is 4.58. The molecular formula is C14H24FNO3. The van der Waals surface area contributed by atoms with E-state index in [1.165, 1.54) is 6.92 Å². The fourth-order valence-corrected chi connectivity index (χ4v) is 3.20. The monoisotopic (exact) mass is 273 g/mol. The van der Waals surface area contributed by atoms with E-state index >= 15 is 0 Å². The average Bonchev–Trinajstić information content (AvgIpc) is 2.93. The van der Waals surface area contributed by atoms with Crippen LogP contribution in [0.5, 0.6) is 0 Å². The zero-order valence-electron chi connectivity index (χ0n) is 11.6. The van der Waals surface area contributed by atoms with Crippen LogP contribution in [0.4, 0.5) is 4.39 Å². The van der Waals surface area contributed by atoms with Gasteiger partial charge in [0.1, 0.15) is 0 Å². The molecule has 1 aliphatic heterocycles. The molecule has 0 bridgehead atoms. The van der Waals surface area contributed by atoms with Crippen LogP contribution in [0.2, 0.25) is 0 Å². The molecule has 4 nitrogen and oxygen atoms in total. The Morgan fingerprint density at radius 3 is 2.37 bits per heavy atom. The van der Waals surface area contributed by atoms with Gasteiger partial charge in [-0.1, -0.05) is 19.3 Å². The lowest BCUT2D eigenvalue weighted by Gasteiger charge is -2.38. The van der Waals surface area contributed by atoms with E-state index in [9.17, 15) is 14.3 Å². The molecule has 0 aromatic heterocycles. The zero-order chi connectivity index (χ0) is 13.9. The SMILES string of the molecule is CC(OC(F)N1CCCC1)(C(=O)O)C1CCCCC1. The van der Waals surface area contributed by atoms with E-state index < -0.39 is 18.1 Å². The highest BCUT2D eigenvalue weighted by molar-refractivity contribution is 5.77. The Labute approximate surface area is 113 Å². The van der Waals surface area contributed by atoms with Gasteiger partial charge in [0.2, 0.25) is 0 Å². The van der Waals surface area contributed by atoms with Crippen LogP contribution >= 0.6 is 0 Å². The first-order valence-corrected chi connectivity index (χ1v) is 7.33. The highest BCUT2D eigenvalue weighted by atomic mass is 19.1. The van der Waals surface area contributed by atoms with Crippen LogP contribution in [-0.2, 0) is 9.53 Å². The van der Waals surface area contributed by atoms with Gasteiger partial charge in [-0.3, -0.25) is 4.90 Å². The van der Waals surface area contributed by atoms with E-state index in [4.69, 9.17) is 4.74 Å². The summed E-state index contributed by atoms with van der Waals surface area (Å²) in [6, 6.07) is 0. The van der Waals surface area contributed by atoms with Crippen LogP contribution in [0.25, 0.3) is 0 Å². The Morgan fingerprint density at radius 1 is 1.26 bits per heavy atom. The fraction of sp³-hybridized carbons (Fsp3) is 0.929. The number of halogens is 1. The maximum atomic E-state index is 14.2. The molecule has 5 heteroatoms. The Hall–Kier alpha value is -0.680. The smallest absolute Gasteiger partial charge is 0.336 e. The lowest BCUT2D eigenvalue weighted by molar-refractivity contribution is -0.232. The van der Waals surface area contributed by atoms with Crippen LogP contribution in [0.1, 0.15) is 51.9 Å². The molecule has 110 valence electrons. The molecule has 2 rings (SSSR count). The molecule has 1 saturated carbocycles. The van der Waals surface area contributed by atoms with Crippen molar-refractivity contribution >= 4 is 5.97 Å². The van der Waals surface area contributed by atoms with Crippen molar-refractivity contribution in [3.8, 4) is 0 Å². The van der Waals surface area contributed by atoms with Gasteiger partial charge in [0.05, 0.1) is 0 Å². The first-order chi connectivity index (χ1) is 9.04. The minimum Gasteiger partial charge on any atom is -0.479 e. The lowest BCUT2D eigenvalue weighted by atomic mass is 9.77. The number of ether oxygens (including phenoxy) is 1. The van der Waals surface area contributed by atoms with Crippen molar-refractivity contribution in [2.45, 2.75) is 64.0 Å². The molecule has 2 fully saturated rings. The molecule has 0 aromatic carbocycles. The summed E-state index contributed by atoms with van der Waals surface area (Å²) >= 11 is 0. The number of carbonyl (C=O) groups is 1. The molecule has 0 radical (unpaired) electrons. The predicted octanol–water partition coefficient (Wildman–Crippen LogP) is 2.78. The predicted molar refractivity (Wildman–Crippen MR) is 69.4 cm³/mol. The number of alkyl halides is 1. The summed E-state index contributed by atoms with van der Waals surface area (Å²) in [7, 11) is 0. The number of aliphatic carboxylic acids is 1. The van der Waals surface area contributed by atoms with Crippen LogP contribution in [-0.4, -0.2) is 41.1 Å². The molecule has 1 N–H and O–H groups in total. The molecule has 19 heavy (non-hydrogen) atoms. The summed E-state index contributed by atoms with van der Waals surface area (Å²) < 4.78 is 19.5. The number of nitrogens with zero attached hydrogens (tertiary/aromatic N) is 1. The van der Waals surface area contributed by atoms with E-state index in [-0.39, 0.29) is 5.92 Å². The second-order valence-corrected chi connectivity index (χ2v) is 5.90.